The Bertz CT molecular complexity index is 969. The van der Waals surface area contributed by atoms with Crippen molar-refractivity contribution >= 4 is 33.4 Å². The number of carbonyl (C=O) groups excluding carboxylic acids is 1. The molecule has 3 rings (SSSR count). The highest BCUT2D eigenvalue weighted by Gasteiger charge is 2.11. The standard InChI is InChI=1S/C19H21BrClN5O2/c1-13-18(20)14(2)26(23-13)9-4-8-22-19(27)17-7-10-25(24-17)12-28-16-6-3-5-15(21)11-16/h3,5-7,10-11H,4,8-9,12H2,1-2H3,(H,22,27). The minimum absolute atomic E-state index is 0.195. The van der Waals surface area contributed by atoms with Gasteiger partial charge in [0, 0.05) is 30.0 Å². The Labute approximate surface area is 176 Å². The van der Waals surface area contributed by atoms with Crippen molar-refractivity contribution < 1.29 is 9.53 Å². The van der Waals surface area contributed by atoms with Gasteiger partial charge in [-0.3, -0.25) is 9.48 Å². The lowest BCUT2D eigenvalue weighted by atomic mass is 10.3. The maximum Gasteiger partial charge on any atom is 0.271 e. The molecule has 0 aliphatic carbocycles. The number of nitrogens with one attached hydrogen (secondary N) is 1. The number of aryl methyl sites for hydroxylation is 2. The van der Waals surface area contributed by atoms with E-state index in [-0.39, 0.29) is 12.6 Å². The third-order valence-corrected chi connectivity index (χ3v) is 5.54. The number of rotatable bonds is 8. The van der Waals surface area contributed by atoms with Crippen LogP contribution in [0.5, 0.6) is 5.75 Å². The van der Waals surface area contributed by atoms with E-state index in [1.807, 2.05) is 30.7 Å². The highest BCUT2D eigenvalue weighted by molar-refractivity contribution is 9.10. The molecule has 1 amide bonds. The van der Waals surface area contributed by atoms with Gasteiger partial charge in [-0.1, -0.05) is 17.7 Å². The molecule has 1 aromatic carbocycles. The summed E-state index contributed by atoms with van der Waals surface area (Å²) in [6.07, 6.45) is 2.48. The first-order valence-corrected chi connectivity index (χ1v) is 10.0. The number of carbonyl (C=O) groups is 1. The Morgan fingerprint density at radius 2 is 2.11 bits per heavy atom. The molecule has 28 heavy (non-hydrogen) atoms. The van der Waals surface area contributed by atoms with Crippen molar-refractivity contribution in [3.8, 4) is 5.75 Å². The van der Waals surface area contributed by atoms with Crippen molar-refractivity contribution in [1.82, 2.24) is 24.9 Å². The van der Waals surface area contributed by atoms with Crippen LogP contribution in [0.25, 0.3) is 0 Å². The summed E-state index contributed by atoms with van der Waals surface area (Å²) in [4.78, 5) is 12.2. The summed E-state index contributed by atoms with van der Waals surface area (Å²) in [6.45, 7) is 5.45. The van der Waals surface area contributed by atoms with Gasteiger partial charge < -0.3 is 10.1 Å². The Balaban J connectivity index is 1.44. The average molecular weight is 467 g/mol. The quantitative estimate of drug-likeness (QED) is 0.510. The SMILES string of the molecule is Cc1nn(CCCNC(=O)c2ccn(COc3cccc(Cl)c3)n2)c(C)c1Br. The summed E-state index contributed by atoms with van der Waals surface area (Å²) in [6, 6.07) is 8.78. The molecule has 0 radical (unpaired) electrons. The lowest BCUT2D eigenvalue weighted by Crippen LogP contribution is -2.26. The average Bonchev–Trinajstić information content (AvgIpc) is 3.24. The van der Waals surface area contributed by atoms with Crippen LogP contribution in [-0.2, 0) is 13.3 Å². The molecule has 0 unspecified atom stereocenters. The molecule has 0 spiro atoms. The Hall–Kier alpha value is -2.32. The van der Waals surface area contributed by atoms with Gasteiger partial charge in [-0.15, -0.1) is 0 Å². The molecule has 7 nitrogen and oxygen atoms in total. The Morgan fingerprint density at radius 3 is 2.82 bits per heavy atom. The van der Waals surface area contributed by atoms with E-state index in [0.29, 0.717) is 23.0 Å². The second kappa shape index (κ2) is 9.25. The van der Waals surface area contributed by atoms with Crippen LogP contribution in [0.1, 0.15) is 28.3 Å². The molecule has 0 saturated heterocycles. The maximum atomic E-state index is 12.2. The number of amides is 1. The fourth-order valence-corrected chi connectivity index (χ4v) is 3.13. The summed E-state index contributed by atoms with van der Waals surface area (Å²) in [5.74, 6) is 0.431. The van der Waals surface area contributed by atoms with Gasteiger partial charge in [0.25, 0.3) is 5.91 Å². The molecule has 9 heteroatoms. The van der Waals surface area contributed by atoms with E-state index in [9.17, 15) is 4.79 Å². The number of halogens is 2. The lowest BCUT2D eigenvalue weighted by Gasteiger charge is -2.07. The van der Waals surface area contributed by atoms with Gasteiger partial charge in [0.2, 0.25) is 0 Å². The molecular weight excluding hydrogens is 446 g/mol. The predicted molar refractivity (Wildman–Crippen MR) is 111 cm³/mol. The lowest BCUT2D eigenvalue weighted by molar-refractivity contribution is 0.0945. The van der Waals surface area contributed by atoms with Crippen LogP contribution in [-0.4, -0.2) is 32.0 Å². The third-order valence-electron chi connectivity index (χ3n) is 4.16. The van der Waals surface area contributed by atoms with Gasteiger partial charge in [0.15, 0.2) is 6.73 Å². The number of hydrogen-bond acceptors (Lipinski definition) is 4. The minimum atomic E-state index is -0.212. The number of aromatic nitrogens is 4. The molecule has 3 aromatic rings. The molecule has 0 bridgehead atoms. The first kappa shape index (κ1) is 20.4. The van der Waals surface area contributed by atoms with Gasteiger partial charge >= 0.3 is 0 Å². The van der Waals surface area contributed by atoms with E-state index < -0.39 is 0 Å². The van der Waals surface area contributed by atoms with Crippen molar-refractivity contribution in [2.75, 3.05) is 6.54 Å². The largest absolute Gasteiger partial charge is 0.471 e. The van der Waals surface area contributed by atoms with Gasteiger partial charge in [-0.05, 0) is 60.5 Å². The zero-order valence-corrected chi connectivity index (χ0v) is 18.0. The number of ether oxygens (including phenoxy) is 1. The zero-order chi connectivity index (χ0) is 20.1. The molecule has 0 aliphatic heterocycles. The van der Waals surface area contributed by atoms with Crippen LogP contribution in [0.4, 0.5) is 0 Å². The van der Waals surface area contributed by atoms with E-state index in [0.717, 1.165) is 28.8 Å². The molecular formula is C19H21BrClN5O2. The van der Waals surface area contributed by atoms with Crippen molar-refractivity contribution in [3.05, 3.63) is 63.1 Å². The van der Waals surface area contributed by atoms with Crippen LogP contribution >= 0.6 is 27.5 Å². The van der Waals surface area contributed by atoms with E-state index in [2.05, 4.69) is 31.4 Å². The second-order valence-electron chi connectivity index (χ2n) is 6.29. The van der Waals surface area contributed by atoms with Crippen LogP contribution in [0.3, 0.4) is 0 Å². The molecule has 2 aromatic heterocycles. The van der Waals surface area contributed by atoms with Crippen molar-refractivity contribution in [2.24, 2.45) is 0 Å². The maximum absolute atomic E-state index is 12.2. The molecule has 148 valence electrons. The summed E-state index contributed by atoms with van der Waals surface area (Å²) in [5, 5.41) is 12.2. The predicted octanol–water partition coefficient (Wildman–Crippen LogP) is 3.97. The molecule has 0 atom stereocenters. The minimum Gasteiger partial charge on any atom is -0.471 e. The van der Waals surface area contributed by atoms with Crippen molar-refractivity contribution in [1.29, 1.82) is 0 Å². The van der Waals surface area contributed by atoms with Gasteiger partial charge in [-0.2, -0.15) is 10.2 Å². The van der Waals surface area contributed by atoms with E-state index in [1.54, 1.807) is 29.1 Å². The fourth-order valence-electron chi connectivity index (χ4n) is 2.67. The summed E-state index contributed by atoms with van der Waals surface area (Å²) in [5.41, 5.74) is 2.40. The van der Waals surface area contributed by atoms with E-state index in [4.69, 9.17) is 16.3 Å². The molecule has 0 aliphatic rings. The monoisotopic (exact) mass is 465 g/mol. The first-order valence-electron chi connectivity index (χ1n) is 8.83. The number of nitrogens with zero attached hydrogens (tertiary/aromatic N) is 4. The Morgan fingerprint density at radius 1 is 1.29 bits per heavy atom. The zero-order valence-electron chi connectivity index (χ0n) is 15.7. The number of hydrogen-bond donors (Lipinski definition) is 1. The third kappa shape index (κ3) is 5.14. The topological polar surface area (TPSA) is 74.0 Å². The summed E-state index contributed by atoms with van der Waals surface area (Å²) >= 11 is 9.44. The van der Waals surface area contributed by atoms with E-state index >= 15 is 0 Å². The second-order valence-corrected chi connectivity index (χ2v) is 7.52. The first-order chi connectivity index (χ1) is 13.4. The van der Waals surface area contributed by atoms with Crippen LogP contribution < -0.4 is 10.1 Å². The van der Waals surface area contributed by atoms with Gasteiger partial charge in [0.1, 0.15) is 11.4 Å². The number of benzene rings is 1. The molecule has 0 saturated carbocycles. The molecule has 0 fully saturated rings. The van der Waals surface area contributed by atoms with Crippen molar-refractivity contribution in [3.63, 3.8) is 0 Å². The normalized spacial score (nSPS) is 10.9. The molecule has 1 N–H and O–H groups in total. The van der Waals surface area contributed by atoms with Crippen molar-refractivity contribution in [2.45, 2.75) is 33.5 Å². The van der Waals surface area contributed by atoms with Crippen LogP contribution in [0.15, 0.2) is 41.0 Å². The smallest absolute Gasteiger partial charge is 0.271 e. The van der Waals surface area contributed by atoms with Gasteiger partial charge in [-0.25, -0.2) is 4.68 Å². The van der Waals surface area contributed by atoms with Gasteiger partial charge in [0.05, 0.1) is 10.2 Å². The fraction of sp³-hybridized carbons (Fsp3) is 0.316. The van der Waals surface area contributed by atoms with Crippen LogP contribution in [0, 0.1) is 13.8 Å². The summed E-state index contributed by atoms with van der Waals surface area (Å²) in [7, 11) is 0. The Kier molecular flexibility index (Phi) is 6.74. The van der Waals surface area contributed by atoms with Crippen LogP contribution in [0.2, 0.25) is 5.02 Å². The highest BCUT2D eigenvalue weighted by atomic mass is 79.9. The summed E-state index contributed by atoms with van der Waals surface area (Å²) < 4.78 is 10.1. The van der Waals surface area contributed by atoms with E-state index in [1.165, 1.54) is 0 Å². The highest BCUT2D eigenvalue weighted by Crippen LogP contribution is 2.20. The molecule has 2 heterocycles.